The van der Waals surface area contributed by atoms with E-state index in [4.69, 9.17) is 0 Å². The van der Waals surface area contributed by atoms with Gasteiger partial charge in [0.05, 0.1) is 10.6 Å². The van der Waals surface area contributed by atoms with Crippen molar-refractivity contribution in [1.82, 2.24) is 10.2 Å². The number of nitrogens with zero attached hydrogens (tertiary/aromatic N) is 2. The van der Waals surface area contributed by atoms with Crippen LogP contribution in [-0.2, 0) is 9.59 Å². The molecule has 9 nitrogen and oxygen atoms in total. The molecule has 1 aliphatic heterocycles. The van der Waals surface area contributed by atoms with Crippen molar-refractivity contribution in [3.63, 3.8) is 0 Å². The number of urea groups is 1. The van der Waals surface area contributed by atoms with E-state index in [1.54, 1.807) is 0 Å². The standard InChI is InChI=1S/C16H17FN4O5/c17-11-5-4-10(21(25)26)8-12(11)18-13(22)9-20-14(23)16(19-15(20)24)6-2-1-3-7-16/h4-5,8H,1-3,6-7,9H2,(H,18,22)(H,19,24). The maximum atomic E-state index is 13.7. The molecule has 0 atom stereocenters. The van der Waals surface area contributed by atoms with Crippen LogP contribution in [0.3, 0.4) is 0 Å². The molecule has 1 saturated carbocycles. The van der Waals surface area contributed by atoms with Crippen LogP contribution in [0.25, 0.3) is 0 Å². The lowest BCUT2D eigenvalue weighted by atomic mass is 9.82. The number of imide groups is 1. The van der Waals surface area contributed by atoms with E-state index in [0.29, 0.717) is 12.8 Å². The van der Waals surface area contributed by atoms with E-state index >= 15 is 0 Å². The molecule has 1 spiro atoms. The molecule has 10 heteroatoms. The molecule has 2 fully saturated rings. The number of halogens is 1. The number of anilines is 1. The summed E-state index contributed by atoms with van der Waals surface area (Å²) in [5.74, 6) is -2.14. The van der Waals surface area contributed by atoms with E-state index < -0.39 is 46.4 Å². The fraction of sp³-hybridized carbons (Fsp3) is 0.438. The van der Waals surface area contributed by atoms with Crippen molar-refractivity contribution < 1.29 is 23.7 Å². The van der Waals surface area contributed by atoms with Crippen LogP contribution < -0.4 is 10.6 Å². The number of hydrogen-bond acceptors (Lipinski definition) is 5. The van der Waals surface area contributed by atoms with E-state index in [2.05, 4.69) is 10.6 Å². The molecule has 0 aromatic heterocycles. The van der Waals surface area contributed by atoms with Gasteiger partial charge >= 0.3 is 6.03 Å². The van der Waals surface area contributed by atoms with Gasteiger partial charge in [0.2, 0.25) is 5.91 Å². The third kappa shape index (κ3) is 3.22. The number of rotatable bonds is 4. The number of nitro groups is 1. The molecule has 1 aliphatic carbocycles. The number of hydrogen-bond donors (Lipinski definition) is 2. The Morgan fingerprint density at radius 1 is 1.31 bits per heavy atom. The first-order valence-corrected chi connectivity index (χ1v) is 8.20. The van der Waals surface area contributed by atoms with Gasteiger partial charge in [0.15, 0.2) is 0 Å². The first-order chi connectivity index (χ1) is 12.3. The molecule has 0 unspecified atom stereocenters. The van der Waals surface area contributed by atoms with Crippen LogP contribution in [0.4, 0.5) is 20.6 Å². The minimum absolute atomic E-state index is 0.386. The van der Waals surface area contributed by atoms with Gasteiger partial charge in [-0.15, -0.1) is 0 Å². The van der Waals surface area contributed by atoms with Crippen LogP contribution in [0.2, 0.25) is 0 Å². The average molecular weight is 364 g/mol. The Labute approximate surface area is 147 Å². The third-order valence-electron chi connectivity index (χ3n) is 4.69. The predicted molar refractivity (Wildman–Crippen MR) is 87.7 cm³/mol. The van der Waals surface area contributed by atoms with Crippen molar-refractivity contribution >= 4 is 29.2 Å². The number of non-ortho nitro benzene ring substituents is 1. The summed E-state index contributed by atoms with van der Waals surface area (Å²) in [5.41, 5.74) is -1.73. The predicted octanol–water partition coefficient (Wildman–Crippen LogP) is 1.93. The molecule has 1 aromatic rings. The Kier molecular flexibility index (Phi) is 4.58. The quantitative estimate of drug-likeness (QED) is 0.480. The van der Waals surface area contributed by atoms with Crippen molar-refractivity contribution in [2.24, 2.45) is 0 Å². The maximum Gasteiger partial charge on any atom is 0.325 e. The lowest BCUT2D eigenvalue weighted by Crippen LogP contribution is -2.48. The van der Waals surface area contributed by atoms with Crippen LogP contribution in [0, 0.1) is 15.9 Å². The van der Waals surface area contributed by atoms with Crippen molar-refractivity contribution in [2.75, 3.05) is 11.9 Å². The van der Waals surface area contributed by atoms with Gasteiger partial charge in [0.25, 0.3) is 11.6 Å². The van der Waals surface area contributed by atoms with E-state index in [9.17, 15) is 28.9 Å². The summed E-state index contributed by atoms with van der Waals surface area (Å²) in [6.45, 7) is -0.589. The molecule has 26 heavy (non-hydrogen) atoms. The molecule has 1 aromatic carbocycles. The van der Waals surface area contributed by atoms with E-state index in [-0.39, 0.29) is 5.69 Å². The Morgan fingerprint density at radius 3 is 2.65 bits per heavy atom. The molecule has 3 rings (SSSR count). The van der Waals surface area contributed by atoms with Crippen molar-refractivity contribution in [2.45, 2.75) is 37.6 Å². The Morgan fingerprint density at radius 2 is 2.00 bits per heavy atom. The highest BCUT2D eigenvalue weighted by molar-refractivity contribution is 6.10. The Balaban J connectivity index is 1.70. The van der Waals surface area contributed by atoms with Crippen LogP contribution >= 0.6 is 0 Å². The first-order valence-electron chi connectivity index (χ1n) is 8.20. The Hall–Kier alpha value is -3.04. The van der Waals surface area contributed by atoms with Gasteiger partial charge in [-0.2, -0.15) is 0 Å². The normalized spacial score (nSPS) is 18.7. The molecular weight excluding hydrogens is 347 g/mol. The van der Waals surface area contributed by atoms with Crippen molar-refractivity contribution in [3.8, 4) is 0 Å². The van der Waals surface area contributed by atoms with Gasteiger partial charge in [-0.05, 0) is 18.9 Å². The minimum atomic E-state index is -0.952. The summed E-state index contributed by atoms with van der Waals surface area (Å²) >= 11 is 0. The number of nitrogens with one attached hydrogen (secondary N) is 2. The molecular formula is C16H17FN4O5. The maximum absolute atomic E-state index is 13.7. The lowest BCUT2D eigenvalue weighted by Gasteiger charge is -2.30. The third-order valence-corrected chi connectivity index (χ3v) is 4.69. The Bertz CT molecular complexity index is 791. The zero-order chi connectivity index (χ0) is 18.9. The zero-order valence-corrected chi connectivity index (χ0v) is 13.8. The summed E-state index contributed by atoms with van der Waals surface area (Å²) in [6, 6.07) is 2.04. The minimum Gasteiger partial charge on any atom is -0.323 e. The monoisotopic (exact) mass is 364 g/mol. The van der Waals surface area contributed by atoms with E-state index in [0.717, 1.165) is 42.4 Å². The molecule has 0 radical (unpaired) electrons. The second kappa shape index (κ2) is 6.70. The van der Waals surface area contributed by atoms with Crippen LogP contribution in [-0.4, -0.2) is 39.8 Å². The highest BCUT2D eigenvalue weighted by Gasteiger charge is 2.51. The second-order valence-electron chi connectivity index (χ2n) is 6.43. The summed E-state index contributed by atoms with van der Waals surface area (Å²) in [4.78, 5) is 47.7. The van der Waals surface area contributed by atoms with E-state index in [1.165, 1.54) is 0 Å². The van der Waals surface area contributed by atoms with Crippen LogP contribution in [0.15, 0.2) is 18.2 Å². The van der Waals surface area contributed by atoms with Crippen molar-refractivity contribution in [1.29, 1.82) is 0 Å². The van der Waals surface area contributed by atoms with Gasteiger partial charge in [-0.25, -0.2) is 9.18 Å². The van der Waals surface area contributed by atoms with Gasteiger partial charge in [-0.3, -0.25) is 24.6 Å². The molecule has 2 N–H and O–H groups in total. The number of carbonyl (C=O) groups is 3. The fourth-order valence-electron chi connectivity index (χ4n) is 3.37. The first kappa shape index (κ1) is 17.8. The molecule has 138 valence electrons. The summed E-state index contributed by atoms with van der Waals surface area (Å²) in [6.07, 6.45) is 3.65. The summed E-state index contributed by atoms with van der Waals surface area (Å²) in [7, 11) is 0. The number of amides is 4. The van der Waals surface area contributed by atoms with Crippen LogP contribution in [0.5, 0.6) is 0 Å². The summed E-state index contributed by atoms with van der Waals surface area (Å²) < 4.78 is 13.7. The smallest absolute Gasteiger partial charge is 0.323 e. The van der Waals surface area contributed by atoms with E-state index in [1.807, 2.05) is 0 Å². The van der Waals surface area contributed by atoms with Crippen LogP contribution in [0.1, 0.15) is 32.1 Å². The van der Waals surface area contributed by atoms with Gasteiger partial charge in [-0.1, -0.05) is 19.3 Å². The van der Waals surface area contributed by atoms with Crippen molar-refractivity contribution in [3.05, 3.63) is 34.1 Å². The molecule has 1 heterocycles. The molecule has 0 bridgehead atoms. The molecule has 1 saturated heterocycles. The number of benzene rings is 1. The zero-order valence-electron chi connectivity index (χ0n) is 13.8. The largest absolute Gasteiger partial charge is 0.325 e. The van der Waals surface area contributed by atoms with Gasteiger partial charge in [0, 0.05) is 12.1 Å². The number of nitro benzene ring substituents is 1. The van der Waals surface area contributed by atoms with Gasteiger partial charge < -0.3 is 10.6 Å². The molecule has 2 aliphatic rings. The highest BCUT2D eigenvalue weighted by atomic mass is 19.1. The average Bonchev–Trinajstić information content (AvgIpc) is 2.81. The lowest BCUT2D eigenvalue weighted by molar-refractivity contribution is -0.384. The number of carbonyl (C=O) groups excluding carboxylic acids is 3. The van der Waals surface area contributed by atoms with Gasteiger partial charge in [0.1, 0.15) is 17.9 Å². The highest BCUT2D eigenvalue weighted by Crippen LogP contribution is 2.33. The second-order valence-corrected chi connectivity index (χ2v) is 6.43. The molecule has 4 amide bonds. The fourth-order valence-corrected chi connectivity index (χ4v) is 3.37. The summed E-state index contributed by atoms with van der Waals surface area (Å²) in [5, 5.41) is 15.6. The topological polar surface area (TPSA) is 122 Å². The SMILES string of the molecule is O=C(CN1C(=O)NC2(CCCCC2)C1=O)Nc1cc([N+](=O)[O-])ccc1F.